The fourth-order valence-electron chi connectivity index (χ4n) is 1.20. The Morgan fingerprint density at radius 3 is 2.63 bits per heavy atom. The first-order valence-corrected chi connectivity index (χ1v) is 5.09. The zero-order valence-corrected chi connectivity index (χ0v) is 9.51. The highest BCUT2D eigenvalue weighted by molar-refractivity contribution is 5.81. The molecule has 4 nitrogen and oxygen atoms in total. The molecule has 102 valence electrons. The number of carbonyl (C=O) groups excluding carboxylic acids is 1. The SMILES string of the molecule is N#Cc1cc(F)ccc1NCC(=O)NCC(F)(F)F. The second kappa shape index (κ2) is 6.04. The molecule has 0 heterocycles. The number of hydrogen-bond acceptors (Lipinski definition) is 3. The largest absolute Gasteiger partial charge is 0.405 e. The molecule has 1 aromatic carbocycles. The van der Waals surface area contributed by atoms with Gasteiger partial charge in [0.15, 0.2) is 0 Å². The van der Waals surface area contributed by atoms with Crippen molar-refractivity contribution >= 4 is 11.6 Å². The molecule has 0 fully saturated rings. The second-order valence-electron chi connectivity index (χ2n) is 3.55. The molecular weight excluding hydrogens is 266 g/mol. The first-order valence-electron chi connectivity index (χ1n) is 5.09. The average molecular weight is 275 g/mol. The lowest BCUT2D eigenvalue weighted by Crippen LogP contribution is -2.37. The Kier molecular flexibility index (Phi) is 4.69. The number of carbonyl (C=O) groups is 1. The molecule has 1 amide bonds. The number of alkyl halides is 3. The lowest BCUT2D eigenvalue weighted by atomic mass is 10.2. The smallest absolute Gasteiger partial charge is 0.375 e. The molecule has 8 heteroatoms. The summed E-state index contributed by atoms with van der Waals surface area (Å²) in [5.74, 6) is -1.51. The number of amides is 1. The fourth-order valence-corrected chi connectivity index (χ4v) is 1.20. The molecule has 0 radical (unpaired) electrons. The number of benzene rings is 1. The normalized spacial score (nSPS) is 10.7. The third-order valence-corrected chi connectivity index (χ3v) is 2.03. The third-order valence-electron chi connectivity index (χ3n) is 2.03. The van der Waals surface area contributed by atoms with Gasteiger partial charge in [-0.2, -0.15) is 18.4 Å². The van der Waals surface area contributed by atoms with E-state index in [0.29, 0.717) is 0 Å². The number of nitrogens with zero attached hydrogens (tertiary/aromatic N) is 1. The van der Waals surface area contributed by atoms with Crippen LogP contribution in [0.3, 0.4) is 0 Å². The lowest BCUT2D eigenvalue weighted by Gasteiger charge is -2.10. The van der Waals surface area contributed by atoms with Gasteiger partial charge in [-0.15, -0.1) is 0 Å². The van der Waals surface area contributed by atoms with Crippen molar-refractivity contribution in [3.8, 4) is 6.07 Å². The van der Waals surface area contributed by atoms with Crippen LogP contribution in [0.4, 0.5) is 23.2 Å². The van der Waals surface area contributed by atoms with E-state index in [1.54, 1.807) is 11.4 Å². The first-order chi connectivity index (χ1) is 8.81. The monoisotopic (exact) mass is 275 g/mol. The number of rotatable bonds is 4. The number of halogens is 4. The maximum atomic E-state index is 12.8. The Bertz CT molecular complexity index is 508. The van der Waals surface area contributed by atoms with Crippen LogP contribution in [0.5, 0.6) is 0 Å². The van der Waals surface area contributed by atoms with E-state index >= 15 is 0 Å². The van der Waals surface area contributed by atoms with Gasteiger partial charge < -0.3 is 10.6 Å². The van der Waals surface area contributed by atoms with Crippen molar-refractivity contribution in [2.45, 2.75) is 6.18 Å². The van der Waals surface area contributed by atoms with Crippen molar-refractivity contribution in [3.63, 3.8) is 0 Å². The molecule has 0 unspecified atom stereocenters. The highest BCUT2D eigenvalue weighted by Gasteiger charge is 2.27. The van der Waals surface area contributed by atoms with Crippen molar-refractivity contribution in [2.24, 2.45) is 0 Å². The summed E-state index contributed by atoms with van der Waals surface area (Å²) >= 11 is 0. The van der Waals surface area contributed by atoms with E-state index in [0.717, 1.165) is 12.1 Å². The Morgan fingerprint density at radius 1 is 1.37 bits per heavy atom. The molecule has 1 rings (SSSR count). The van der Waals surface area contributed by atoms with E-state index in [2.05, 4.69) is 5.32 Å². The van der Waals surface area contributed by atoms with Crippen molar-refractivity contribution < 1.29 is 22.4 Å². The van der Waals surface area contributed by atoms with Crippen molar-refractivity contribution in [1.29, 1.82) is 5.26 Å². The number of nitriles is 1. The van der Waals surface area contributed by atoms with Gasteiger partial charge in [-0.1, -0.05) is 0 Å². The molecule has 1 aromatic rings. The summed E-state index contributed by atoms with van der Waals surface area (Å²) in [6.07, 6.45) is -4.48. The number of nitrogens with one attached hydrogen (secondary N) is 2. The summed E-state index contributed by atoms with van der Waals surface area (Å²) in [6.45, 7) is -1.88. The Labute approximate surface area is 106 Å². The molecule has 0 bridgehead atoms. The number of anilines is 1. The van der Waals surface area contributed by atoms with Crippen LogP contribution in [-0.2, 0) is 4.79 Å². The van der Waals surface area contributed by atoms with Crippen molar-refractivity contribution in [1.82, 2.24) is 5.32 Å². The van der Waals surface area contributed by atoms with Gasteiger partial charge in [0.2, 0.25) is 5.91 Å². The van der Waals surface area contributed by atoms with Crippen LogP contribution in [-0.4, -0.2) is 25.2 Å². The maximum absolute atomic E-state index is 12.8. The van der Waals surface area contributed by atoms with E-state index in [1.807, 2.05) is 0 Å². The average Bonchev–Trinajstić information content (AvgIpc) is 2.33. The highest BCUT2D eigenvalue weighted by Crippen LogP contribution is 2.15. The molecule has 0 saturated heterocycles. The number of hydrogen-bond donors (Lipinski definition) is 2. The highest BCUT2D eigenvalue weighted by atomic mass is 19.4. The zero-order valence-electron chi connectivity index (χ0n) is 9.51. The minimum Gasteiger partial charge on any atom is -0.375 e. The Balaban J connectivity index is 2.54. The van der Waals surface area contributed by atoms with Crippen LogP contribution in [0.15, 0.2) is 18.2 Å². The molecule has 19 heavy (non-hydrogen) atoms. The van der Waals surface area contributed by atoms with Crippen LogP contribution in [0.1, 0.15) is 5.56 Å². The van der Waals surface area contributed by atoms with Gasteiger partial charge >= 0.3 is 6.18 Å². The van der Waals surface area contributed by atoms with Gasteiger partial charge in [-0.25, -0.2) is 4.39 Å². The van der Waals surface area contributed by atoms with E-state index in [9.17, 15) is 22.4 Å². The topological polar surface area (TPSA) is 64.9 Å². The Hall–Kier alpha value is -2.30. The van der Waals surface area contributed by atoms with Crippen LogP contribution < -0.4 is 10.6 Å². The van der Waals surface area contributed by atoms with Gasteiger partial charge in [-0.3, -0.25) is 4.79 Å². The van der Waals surface area contributed by atoms with Crippen LogP contribution in [0.2, 0.25) is 0 Å². The summed E-state index contributed by atoms with van der Waals surface area (Å²) < 4.78 is 48.3. The molecule has 0 aliphatic carbocycles. The van der Waals surface area contributed by atoms with E-state index in [-0.39, 0.29) is 11.3 Å². The summed E-state index contributed by atoms with van der Waals surface area (Å²) in [6, 6.07) is 4.95. The molecular formula is C11H9F4N3O. The summed E-state index contributed by atoms with van der Waals surface area (Å²) in [7, 11) is 0. The van der Waals surface area contributed by atoms with E-state index in [1.165, 1.54) is 6.07 Å². The van der Waals surface area contributed by atoms with E-state index in [4.69, 9.17) is 5.26 Å². The van der Waals surface area contributed by atoms with Crippen LogP contribution >= 0.6 is 0 Å². The third kappa shape index (κ3) is 5.25. The predicted molar refractivity (Wildman–Crippen MR) is 58.7 cm³/mol. The van der Waals surface area contributed by atoms with Gasteiger partial charge in [0.25, 0.3) is 0 Å². The van der Waals surface area contributed by atoms with Crippen LogP contribution in [0.25, 0.3) is 0 Å². The lowest BCUT2D eigenvalue weighted by molar-refractivity contribution is -0.137. The minimum absolute atomic E-state index is 0.0383. The standard InChI is InChI=1S/C11H9F4N3O/c12-8-1-2-9(7(3-8)4-16)17-5-10(19)18-6-11(13,14)15/h1-3,17H,5-6H2,(H,18,19). The second-order valence-corrected chi connectivity index (χ2v) is 3.55. The van der Waals surface area contributed by atoms with Gasteiger partial charge in [0.1, 0.15) is 18.4 Å². The zero-order chi connectivity index (χ0) is 14.5. The van der Waals surface area contributed by atoms with Crippen molar-refractivity contribution in [3.05, 3.63) is 29.6 Å². The summed E-state index contributed by atoms with van der Waals surface area (Å²) in [5.41, 5.74) is 0.134. The molecule has 2 N–H and O–H groups in total. The van der Waals surface area contributed by atoms with Gasteiger partial charge in [0.05, 0.1) is 17.8 Å². The maximum Gasteiger partial charge on any atom is 0.405 e. The first kappa shape index (κ1) is 14.8. The van der Waals surface area contributed by atoms with Crippen molar-refractivity contribution in [2.75, 3.05) is 18.4 Å². The van der Waals surface area contributed by atoms with Gasteiger partial charge in [-0.05, 0) is 18.2 Å². The summed E-state index contributed by atoms with van der Waals surface area (Å²) in [5, 5.41) is 12.8. The molecule has 0 aliphatic heterocycles. The molecule has 0 aliphatic rings. The van der Waals surface area contributed by atoms with E-state index < -0.39 is 31.0 Å². The summed E-state index contributed by atoms with van der Waals surface area (Å²) in [4.78, 5) is 11.1. The predicted octanol–water partition coefficient (Wildman–Crippen LogP) is 1.79. The molecule has 0 aromatic heterocycles. The molecule has 0 saturated carbocycles. The van der Waals surface area contributed by atoms with Gasteiger partial charge in [0, 0.05) is 0 Å². The fraction of sp³-hybridized carbons (Fsp3) is 0.273. The molecule has 0 spiro atoms. The quantitative estimate of drug-likeness (QED) is 0.823. The Morgan fingerprint density at radius 2 is 2.05 bits per heavy atom. The molecule has 0 atom stereocenters. The van der Waals surface area contributed by atoms with Crippen LogP contribution in [0, 0.1) is 17.1 Å². The minimum atomic E-state index is -4.48.